The van der Waals surface area contributed by atoms with Crippen LogP contribution >= 0.6 is 11.8 Å². The van der Waals surface area contributed by atoms with Crippen molar-refractivity contribution in [3.05, 3.63) is 23.8 Å². The molecule has 0 spiro atoms. The summed E-state index contributed by atoms with van der Waals surface area (Å²) in [7, 11) is 3.30. The number of aliphatic imine (C=N–C) groups is 1. The zero-order chi connectivity index (χ0) is 15.2. The van der Waals surface area contributed by atoms with Gasteiger partial charge in [-0.25, -0.2) is 0 Å². The van der Waals surface area contributed by atoms with Crippen LogP contribution in [0.2, 0.25) is 0 Å². The molecule has 1 unspecified atom stereocenters. The van der Waals surface area contributed by atoms with Crippen molar-refractivity contribution in [3.63, 3.8) is 0 Å². The van der Waals surface area contributed by atoms with Crippen LogP contribution in [0.5, 0.6) is 11.5 Å². The minimum Gasteiger partial charge on any atom is -0.493 e. The maximum atomic E-state index is 5.32. The summed E-state index contributed by atoms with van der Waals surface area (Å²) in [6, 6.07) is 5.97. The van der Waals surface area contributed by atoms with Crippen molar-refractivity contribution in [1.29, 1.82) is 0 Å². The number of nitrogens with one attached hydrogen (secondary N) is 1. The van der Waals surface area contributed by atoms with Gasteiger partial charge in [-0.15, -0.1) is 0 Å². The topological polar surface area (TPSA) is 42.8 Å². The lowest BCUT2D eigenvalue weighted by molar-refractivity contribution is 0.354. The molecule has 116 valence electrons. The molecule has 0 radical (unpaired) electrons. The number of methoxy groups -OCH3 is 2. The van der Waals surface area contributed by atoms with Gasteiger partial charge in [0.05, 0.1) is 20.8 Å². The lowest BCUT2D eigenvalue weighted by atomic mass is 10.1. The summed E-state index contributed by atoms with van der Waals surface area (Å²) in [5.41, 5.74) is 1.16. The van der Waals surface area contributed by atoms with Crippen molar-refractivity contribution in [2.45, 2.75) is 32.1 Å². The van der Waals surface area contributed by atoms with Crippen molar-refractivity contribution < 1.29 is 9.47 Å². The van der Waals surface area contributed by atoms with Crippen LogP contribution in [0.1, 0.15) is 25.8 Å². The minimum atomic E-state index is 0.623. The Morgan fingerprint density at radius 1 is 1.29 bits per heavy atom. The Hall–Kier alpha value is -1.36. The first-order chi connectivity index (χ1) is 10.1. The third-order valence-corrected chi connectivity index (χ3v) is 4.51. The predicted molar refractivity (Wildman–Crippen MR) is 89.5 cm³/mol. The van der Waals surface area contributed by atoms with Crippen LogP contribution in [0.25, 0.3) is 0 Å². The van der Waals surface area contributed by atoms with Gasteiger partial charge in [0.15, 0.2) is 16.7 Å². The largest absolute Gasteiger partial charge is 0.493 e. The van der Waals surface area contributed by atoms with Gasteiger partial charge in [0, 0.05) is 11.8 Å². The van der Waals surface area contributed by atoms with Crippen LogP contribution in [0, 0.1) is 5.92 Å². The molecule has 4 nitrogen and oxygen atoms in total. The smallest absolute Gasteiger partial charge is 0.161 e. The minimum absolute atomic E-state index is 0.623. The molecule has 0 saturated heterocycles. The van der Waals surface area contributed by atoms with Crippen LogP contribution in [0.4, 0.5) is 0 Å². The van der Waals surface area contributed by atoms with Crippen LogP contribution in [-0.4, -0.2) is 31.2 Å². The second kappa shape index (κ2) is 7.59. The highest BCUT2D eigenvalue weighted by atomic mass is 32.2. The van der Waals surface area contributed by atoms with E-state index in [0.29, 0.717) is 5.25 Å². The molecule has 0 saturated carbocycles. The summed E-state index contributed by atoms with van der Waals surface area (Å²) in [6.45, 7) is 6.20. The Bertz CT molecular complexity index is 503. The summed E-state index contributed by atoms with van der Waals surface area (Å²) in [6.07, 6.45) is 1.22. The molecule has 0 fully saturated rings. The van der Waals surface area contributed by atoms with Crippen LogP contribution < -0.4 is 14.8 Å². The molecular formula is C16H24N2O2S. The van der Waals surface area contributed by atoms with Crippen molar-refractivity contribution in [3.8, 4) is 11.5 Å². The standard InChI is InChI=1S/C16H24N2O2S/c1-11(2)7-13-10-18-16(21-13)17-9-12-5-6-14(19-3)15(8-12)20-4/h5-6,8,11,13H,7,9-10H2,1-4H3,(H,17,18). The maximum absolute atomic E-state index is 5.32. The van der Waals surface area contributed by atoms with Gasteiger partial charge in [0.25, 0.3) is 0 Å². The molecule has 5 heteroatoms. The molecule has 1 aromatic carbocycles. The SMILES string of the molecule is COc1ccc(CNC2=NCC(CC(C)C)S2)cc1OC. The molecule has 1 N–H and O–H groups in total. The second-order valence-corrected chi connectivity index (χ2v) is 6.85. The van der Waals surface area contributed by atoms with Crippen molar-refractivity contribution >= 4 is 16.9 Å². The summed E-state index contributed by atoms with van der Waals surface area (Å²) in [5.74, 6) is 2.24. The third kappa shape index (κ3) is 4.56. The predicted octanol–water partition coefficient (Wildman–Crippen LogP) is 3.31. The Kier molecular flexibility index (Phi) is 5.79. The van der Waals surface area contributed by atoms with Gasteiger partial charge in [-0.05, 0) is 30.0 Å². The Morgan fingerprint density at radius 3 is 2.71 bits per heavy atom. The van der Waals surface area contributed by atoms with E-state index in [1.807, 2.05) is 30.0 Å². The number of benzene rings is 1. The number of amidine groups is 1. The van der Waals surface area contributed by atoms with Gasteiger partial charge in [0.2, 0.25) is 0 Å². The van der Waals surface area contributed by atoms with Crippen LogP contribution in [0.15, 0.2) is 23.2 Å². The number of hydrogen-bond donors (Lipinski definition) is 1. The quantitative estimate of drug-likeness (QED) is 0.875. The molecular weight excluding hydrogens is 284 g/mol. The summed E-state index contributed by atoms with van der Waals surface area (Å²) in [5, 5.41) is 5.08. The number of thioether (sulfide) groups is 1. The molecule has 2 rings (SSSR count). The molecule has 1 aromatic rings. The average molecular weight is 308 g/mol. The van der Waals surface area contributed by atoms with E-state index in [1.165, 1.54) is 6.42 Å². The highest BCUT2D eigenvalue weighted by molar-refractivity contribution is 8.14. The number of rotatable bonds is 6. The van der Waals surface area contributed by atoms with Crippen molar-refractivity contribution in [1.82, 2.24) is 5.32 Å². The van der Waals surface area contributed by atoms with Gasteiger partial charge >= 0.3 is 0 Å². The van der Waals surface area contributed by atoms with E-state index in [4.69, 9.17) is 9.47 Å². The lowest BCUT2D eigenvalue weighted by Crippen LogP contribution is -2.19. The summed E-state index contributed by atoms with van der Waals surface area (Å²) >= 11 is 1.86. The molecule has 1 heterocycles. The Balaban J connectivity index is 1.86. The van der Waals surface area contributed by atoms with Crippen molar-refractivity contribution in [2.24, 2.45) is 10.9 Å². The van der Waals surface area contributed by atoms with Gasteiger partial charge in [-0.3, -0.25) is 4.99 Å². The zero-order valence-electron chi connectivity index (χ0n) is 13.2. The fraction of sp³-hybridized carbons (Fsp3) is 0.562. The average Bonchev–Trinajstić information content (AvgIpc) is 2.91. The monoisotopic (exact) mass is 308 g/mol. The highest BCUT2D eigenvalue weighted by Gasteiger charge is 2.20. The van der Waals surface area contributed by atoms with Crippen LogP contribution in [0.3, 0.4) is 0 Å². The molecule has 0 aromatic heterocycles. The first-order valence-corrected chi connectivity index (χ1v) is 8.16. The lowest BCUT2D eigenvalue weighted by Gasteiger charge is -2.12. The molecule has 1 atom stereocenters. The van der Waals surface area contributed by atoms with Crippen molar-refractivity contribution in [2.75, 3.05) is 20.8 Å². The molecule has 1 aliphatic rings. The molecule has 1 aliphatic heterocycles. The zero-order valence-corrected chi connectivity index (χ0v) is 14.0. The van der Waals surface area contributed by atoms with Gasteiger partial charge < -0.3 is 14.8 Å². The first-order valence-electron chi connectivity index (χ1n) is 7.28. The molecule has 0 aliphatic carbocycles. The third-order valence-electron chi connectivity index (χ3n) is 3.34. The van der Waals surface area contributed by atoms with Crippen LogP contribution in [-0.2, 0) is 6.54 Å². The summed E-state index contributed by atoms with van der Waals surface area (Å²) in [4.78, 5) is 4.57. The Labute approximate surface area is 131 Å². The Morgan fingerprint density at radius 2 is 2.05 bits per heavy atom. The fourth-order valence-corrected chi connectivity index (χ4v) is 3.58. The molecule has 0 amide bonds. The van der Waals surface area contributed by atoms with E-state index in [9.17, 15) is 0 Å². The van der Waals surface area contributed by atoms with E-state index in [2.05, 4.69) is 24.2 Å². The van der Waals surface area contributed by atoms with E-state index in [1.54, 1.807) is 14.2 Å². The normalized spacial score (nSPS) is 17.8. The number of ether oxygens (including phenoxy) is 2. The van der Waals surface area contributed by atoms with E-state index < -0.39 is 0 Å². The highest BCUT2D eigenvalue weighted by Crippen LogP contribution is 2.28. The summed E-state index contributed by atoms with van der Waals surface area (Å²) < 4.78 is 10.6. The first kappa shape index (κ1) is 16.0. The second-order valence-electron chi connectivity index (χ2n) is 5.56. The maximum Gasteiger partial charge on any atom is 0.161 e. The van der Waals surface area contributed by atoms with E-state index in [-0.39, 0.29) is 0 Å². The number of nitrogens with zero attached hydrogens (tertiary/aromatic N) is 1. The van der Waals surface area contributed by atoms with Gasteiger partial charge in [0.1, 0.15) is 0 Å². The fourth-order valence-electron chi connectivity index (χ4n) is 2.33. The molecule has 21 heavy (non-hydrogen) atoms. The van der Waals surface area contributed by atoms with E-state index in [0.717, 1.165) is 41.2 Å². The van der Waals surface area contributed by atoms with E-state index >= 15 is 0 Å². The van der Waals surface area contributed by atoms with Gasteiger partial charge in [-0.1, -0.05) is 31.7 Å². The molecule has 0 bridgehead atoms. The number of hydrogen-bond acceptors (Lipinski definition) is 5. The van der Waals surface area contributed by atoms with Gasteiger partial charge in [-0.2, -0.15) is 0 Å².